The van der Waals surface area contributed by atoms with E-state index in [4.69, 9.17) is 34.0 Å². The minimum atomic E-state index is -1.43. The van der Waals surface area contributed by atoms with Gasteiger partial charge in [0.1, 0.15) is 6.10 Å². The molecule has 17 heavy (non-hydrogen) atoms. The molecule has 7 heteroatoms. The standard InChI is InChI=1S/C10H10Cl2N2O3/c11-5-1-2-7(12)6(3-5)10(17)14-4-8(15)9(13)16/h1-3,8,15H,4H2,(H2,13,16)(H,14,17). The summed E-state index contributed by atoms with van der Waals surface area (Å²) >= 11 is 11.5. The second kappa shape index (κ2) is 5.86. The summed E-state index contributed by atoms with van der Waals surface area (Å²) in [5.41, 5.74) is 4.99. The van der Waals surface area contributed by atoms with Crippen LogP contribution in [0.3, 0.4) is 0 Å². The summed E-state index contributed by atoms with van der Waals surface area (Å²) in [5, 5.41) is 12.0. The molecule has 92 valence electrons. The van der Waals surface area contributed by atoms with Gasteiger partial charge < -0.3 is 16.2 Å². The zero-order valence-electron chi connectivity index (χ0n) is 8.61. The van der Waals surface area contributed by atoms with Crippen LogP contribution in [0.5, 0.6) is 0 Å². The third-order valence-corrected chi connectivity index (χ3v) is 2.52. The lowest BCUT2D eigenvalue weighted by molar-refractivity contribution is -0.125. The van der Waals surface area contributed by atoms with E-state index in [0.717, 1.165) is 0 Å². The third kappa shape index (κ3) is 3.89. The first-order valence-electron chi connectivity index (χ1n) is 4.62. The van der Waals surface area contributed by atoms with E-state index in [1.54, 1.807) is 6.07 Å². The summed E-state index contributed by atoms with van der Waals surface area (Å²) in [6.07, 6.45) is -1.43. The zero-order valence-corrected chi connectivity index (χ0v) is 10.1. The summed E-state index contributed by atoms with van der Waals surface area (Å²) in [5.74, 6) is -1.46. The number of hydrogen-bond donors (Lipinski definition) is 3. The van der Waals surface area contributed by atoms with Crippen molar-refractivity contribution >= 4 is 35.0 Å². The number of hydrogen-bond acceptors (Lipinski definition) is 3. The van der Waals surface area contributed by atoms with E-state index in [1.807, 2.05) is 0 Å². The quantitative estimate of drug-likeness (QED) is 0.751. The van der Waals surface area contributed by atoms with Crippen molar-refractivity contribution in [2.45, 2.75) is 6.10 Å². The van der Waals surface area contributed by atoms with Gasteiger partial charge in [-0.1, -0.05) is 23.2 Å². The van der Waals surface area contributed by atoms with Crippen LogP contribution >= 0.6 is 23.2 Å². The van der Waals surface area contributed by atoms with Crippen molar-refractivity contribution in [3.05, 3.63) is 33.8 Å². The summed E-state index contributed by atoms with van der Waals surface area (Å²) in [4.78, 5) is 22.2. The Morgan fingerprint density at radius 3 is 2.65 bits per heavy atom. The highest BCUT2D eigenvalue weighted by Crippen LogP contribution is 2.20. The fraction of sp³-hybridized carbons (Fsp3) is 0.200. The first-order chi connectivity index (χ1) is 7.91. The summed E-state index contributed by atoms with van der Waals surface area (Å²) in [7, 11) is 0. The van der Waals surface area contributed by atoms with Gasteiger partial charge in [-0.2, -0.15) is 0 Å². The van der Waals surface area contributed by atoms with Gasteiger partial charge in [-0.3, -0.25) is 9.59 Å². The fourth-order valence-corrected chi connectivity index (χ4v) is 1.43. The van der Waals surface area contributed by atoms with Crippen LogP contribution in [0, 0.1) is 0 Å². The summed E-state index contributed by atoms with van der Waals surface area (Å²) in [6, 6.07) is 4.40. The molecule has 1 aromatic rings. The highest BCUT2D eigenvalue weighted by atomic mass is 35.5. The molecule has 0 bridgehead atoms. The number of aliphatic hydroxyl groups is 1. The number of amides is 2. The topological polar surface area (TPSA) is 92.4 Å². The van der Waals surface area contributed by atoms with E-state index < -0.39 is 17.9 Å². The van der Waals surface area contributed by atoms with Crippen molar-refractivity contribution in [1.82, 2.24) is 5.32 Å². The van der Waals surface area contributed by atoms with Crippen LogP contribution in [0.1, 0.15) is 10.4 Å². The Morgan fingerprint density at radius 1 is 1.41 bits per heavy atom. The Labute approximate surface area is 108 Å². The van der Waals surface area contributed by atoms with Crippen LogP contribution in [-0.4, -0.2) is 29.6 Å². The molecule has 0 spiro atoms. The molecular weight excluding hydrogens is 267 g/mol. The molecule has 5 nitrogen and oxygen atoms in total. The lowest BCUT2D eigenvalue weighted by Gasteiger charge is -2.09. The number of nitrogens with two attached hydrogens (primary N) is 1. The molecule has 0 aliphatic heterocycles. The van der Waals surface area contributed by atoms with Crippen LogP contribution in [0.25, 0.3) is 0 Å². The Kier molecular flexibility index (Phi) is 4.74. The van der Waals surface area contributed by atoms with E-state index in [2.05, 4.69) is 5.32 Å². The second-order valence-corrected chi connectivity index (χ2v) is 4.10. The lowest BCUT2D eigenvalue weighted by atomic mass is 10.2. The second-order valence-electron chi connectivity index (χ2n) is 3.25. The molecule has 1 aromatic carbocycles. The SMILES string of the molecule is NC(=O)C(O)CNC(=O)c1cc(Cl)ccc1Cl. The van der Waals surface area contributed by atoms with Crippen molar-refractivity contribution in [2.24, 2.45) is 5.73 Å². The van der Waals surface area contributed by atoms with Crippen molar-refractivity contribution in [3.63, 3.8) is 0 Å². The predicted octanol–water partition coefficient (Wildman–Crippen LogP) is 0.569. The van der Waals surface area contributed by atoms with E-state index in [9.17, 15) is 9.59 Å². The Balaban J connectivity index is 2.70. The lowest BCUT2D eigenvalue weighted by Crippen LogP contribution is -2.40. The van der Waals surface area contributed by atoms with Gasteiger partial charge in [0.25, 0.3) is 5.91 Å². The monoisotopic (exact) mass is 276 g/mol. The third-order valence-electron chi connectivity index (χ3n) is 1.96. The average Bonchev–Trinajstić information content (AvgIpc) is 2.28. The van der Waals surface area contributed by atoms with Crippen molar-refractivity contribution in [1.29, 1.82) is 0 Å². The molecule has 1 rings (SSSR count). The van der Waals surface area contributed by atoms with Gasteiger partial charge in [-0.05, 0) is 18.2 Å². The number of carbonyl (C=O) groups excluding carboxylic acids is 2. The number of primary amides is 1. The van der Waals surface area contributed by atoms with Gasteiger partial charge in [0.15, 0.2) is 0 Å². The van der Waals surface area contributed by atoms with Gasteiger partial charge in [0.2, 0.25) is 5.91 Å². The highest BCUT2D eigenvalue weighted by molar-refractivity contribution is 6.35. The van der Waals surface area contributed by atoms with E-state index in [-0.39, 0.29) is 17.1 Å². The average molecular weight is 277 g/mol. The van der Waals surface area contributed by atoms with E-state index in [0.29, 0.717) is 5.02 Å². The van der Waals surface area contributed by atoms with Crippen molar-refractivity contribution < 1.29 is 14.7 Å². The van der Waals surface area contributed by atoms with Crippen LogP contribution < -0.4 is 11.1 Å². The largest absolute Gasteiger partial charge is 0.381 e. The molecule has 0 aliphatic rings. The normalized spacial score (nSPS) is 11.9. The van der Waals surface area contributed by atoms with Crippen LogP contribution in [-0.2, 0) is 4.79 Å². The van der Waals surface area contributed by atoms with Crippen LogP contribution in [0.15, 0.2) is 18.2 Å². The van der Waals surface area contributed by atoms with Gasteiger partial charge >= 0.3 is 0 Å². The fourth-order valence-electron chi connectivity index (χ4n) is 1.06. The van der Waals surface area contributed by atoms with Gasteiger partial charge in [-0.15, -0.1) is 0 Å². The molecule has 1 atom stereocenters. The number of carbonyl (C=O) groups is 2. The summed E-state index contributed by atoms with van der Waals surface area (Å²) < 4.78 is 0. The number of benzene rings is 1. The molecule has 0 radical (unpaired) electrons. The number of halogens is 2. The molecule has 1 unspecified atom stereocenters. The van der Waals surface area contributed by atoms with Gasteiger partial charge in [0.05, 0.1) is 17.1 Å². The molecule has 0 aromatic heterocycles. The molecule has 0 saturated carbocycles. The number of rotatable bonds is 4. The van der Waals surface area contributed by atoms with Crippen molar-refractivity contribution in [3.8, 4) is 0 Å². The molecule has 0 saturated heterocycles. The molecule has 0 aliphatic carbocycles. The zero-order chi connectivity index (χ0) is 13.0. The first-order valence-corrected chi connectivity index (χ1v) is 5.38. The summed E-state index contributed by atoms with van der Waals surface area (Å²) in [6.45, 7) is -0.281. The maximum Gasteiger partial charge on any atom is 0.252 e. The predicted molar refractivity (Wildman–Crippen MR) is 64.0 cm³/mol. The minimum Gasteiger partial charge on any atom is -0.381 e. The molecule has 0 heterocycles. The minimum absolute atomic E-state index is 0.163. The van der Waals surface area contributed by atoms with Crippen LogP contribution in [0.4, 0.5) is 0 Å². The maximum atomic E-state index is 11.6. The number of nitrogens with one attached hydrogen (secondary N) is 1. The molecular formula is C10H10Cl2N2O3. The highest BCUT2D eigenvalue weighted by Gasteiger charge is 2.15. The molecule has 0 fully saturated rings. The smallest absolute Gasteiger partial charge is 0.252 e. The van der Waals surface area contributed by atoms with E-state index >= 15 is 0 Å². The van der Waals surface area contributed by atoms with Crippen LogP contribution in [0.2, 0.25) is 10.0 Å². The molecule has 4 N–H and O–H groups in total. The Hall–Kier alpha value is -1.30. The first kappa shape index (κ1) is 13.8. The van der Waals surface area contributed by atoms with E-state index in [1.165, 1.54) is 12.1 Å². The Bertz CT molecular complexity index is 451. The Morgan fingerprint density at radius 2 is 2.06 bits per heavy atom. The maximum absolute atomic E-state index is 11.6. The number of aliphatic hydroxyl groups excluding tert-OH is 1. The van der Waals surface area contributed by atoms with Gasteiger partial charge in [-0.25, -0.2) is 0 Å². The van der Waals surface area contributed by atoms with Gasteiger partial charge in [0, 0.05) is 5.02 Å². The van der Waals surface area contributed by atoms with Crippen molar-refractivity contribution in [2.75, 3.05) is 6.54 Å². The molecule has 2 amide bonds.